The van der Waals surface area contributed by atoms with Crippen LogP contribution in [0.15, 0.2) is 28.1 Å². The van der Waals surface area contributed by atoms with Crippen LogP contribution in [0.25, 0.3) is 0 Å². The minimum Gasteiger partial charge on any atom is -0.351 e. The summed E-state index contributed by atoms with van der Waals surface area (Å²) in [5.41, 5.74) is 0.267. The van der Waals surface area contributed by atoms with Gasteiger partial charge in [0.2, 0.25) is 5.96 Å². The van der Waals surface area contributed by atoms with E-state index in [1.165, 1.54) is 12.1 Å². The van der Waals surface area contributed by atoms with E-state index >= 15 is 0 Å². The van der Waals surface area contributed by atoms with Gasteiger partial charge in [0, 0.05) is 13.2 Å². The highest BCUT2D eigenvalue weighted by Gasteiger charge is 2.27. The molecule has 2 N–H and O–H groups in total. The lowest BCUT2D eigenvalue weighted by atomic mass is 10.3. The van der Waals surface area contributed by atoms with Crippen molar-refractivity contribution in [1.29, 1.82) is 0 Å². The number of rotatable bonds is 6. The number of halogens is 1. The highest BCUT2D eigenvalue weighted by atomic mass is 32.2. The van der Waals surface area contributed by atoms with Gasteiger partial charge in [0.1, 0.15) is 10.7 Å². The van der Waals surface area contributed by atoms with E-state index in [9.17, 15) is 12.8 Å². The molecule has 122 valence electrons. The number of hydrogen-bond donors (Lipinski definition) is 2. The van der Waals surface area contributed by atoms with Crippen molar-refractivity contribution >= 4 is 21.7 Å². The second-order valence-electron chi connectivity index (χ2n) is 4.40. The van der Waals surface area contributed by atoms with Crippen LogP contribution in [0.2, 0.25) is 0 Å². The van der Waals surface area contributed by atoms with E-state index in [1.54, 1.807) is 0 Å². The lowest BCUT2D eigenvalue weighted by molar-refractivity contribution is -0.128. The van der Waals surface area contributed by atoms with Gasteiger partial charge in [-0.2, -0.15) is 0 Å². The molecule has 1 aliphatic heterocycles. The Morgan fingerprint density at radius 2 is 1.95 bits per heavy atom. The maximum Gasteiger partial charge on any atom is 0.266 e. The fourth-order valence-corrected chi connectivity index (χ4v) is 3.08. The number of ether oxygens (including phenoxy) is 2. The third kappa shape index (κ3) is 3.93. The molecule has 0 unspecified atom stereocenters. The lowest BCUT2D eigenvalue weighted by Crippen LogP contribution is -2.41. The van der Waals surface area contributed by atoms with Gasteiger partial charge >= 0.3 is 0 Å². The van der Waals surface area contributed by atoms with Crippen LogP contribution in [0.3, 0.4) is 0 Å². The first-order valence-electron chi connectivity index (χ1n) is 6.83. The van der Waals surface area contributed by atoms with E-state index in [-0.39, 0.29) is 23.1 Å². The normalized spacial score (nSPS) is 17.9. The topological polar surface area (TPSA) is 89.0 Å². The van der Waals surface area contributed by atoms with Crippen LogP contribution in [0.4, 0.5) is 10.1 Å². The van der Waals surface area contributed by atoms with E-state index in [4.69, 9.17) is 9.47 Å². The minimum atomic E-state index is -3.85. The molecule has 1 aliphatic rings. The highest BCUT2D eigenvalue weighted by molar-refractivity contribution is 7.90. The molecule has 22 heavy (non-hydrogen) atoms. The van der Waals surface area contributed by atoms with Gasteiger partial charge in [-0.1, -0.05) is 0 Å². The maximum absolute atomic E-state index is 13.2. The van der Waals surface area contributed by atoms with Crippen LogP contribution in [0.5, 0.6) is 0 Å². The summed E-state index contributed by atoms with van der Waals surface area (Å²) in [7, 11) is -3.85. The van der Waals surface area contributed by atoms with Gasteiger partial charge < -0.3 is 14.8 Å². The van der Waals surface area contributed by atoms with Crippen molar-refractivity contribution in [1.82, 2.24) is 4.72 Å². The van der Waals surface area contributed by atoms with Gasteiger partial charge in [0.25, 0.3) is 10.0 Å². The monoisotopic (exact) mass is 331 g/mol. The van der Waals surface area contributed by atoms with Crippen molar-refractivity contribution in [3.63, 3.8) is 0 Å². The Kier molecular flexibility index (Phi) is 5.33. The number of aliphatic imine (C=N–C) groups is 1. The Balaban J connectivity index is 2.18. The number of nitrogens with one attached hydrogen (secondary N) is 2. The standard InChI is InChI=1S/C13H18FN3O4S/c1-3-20-12(21-4-2)8-15-13-16-10-6-5-9(14)7-11(10)22(18,19)17-13/h5-7,12H,3-4,8H2,1-2H3,(H2,15,16,17). The summed E-state index contributed by atoms with van der Waals surface area (Å²) in [5, 5.41) is 2.80. The molecule has 0 saturated carbocycles. The molecular weight excluding hydrogens is 313 g/mol. The molecule has 1 aromatic carbocycles. The quantitative estimate of drug-likeness (QED) is 0.767. The van der Waals surface area contributed by atoms with Crippen LogP contribution >= 0.6 is 0 Å². The molecule has 0 spiro atoms. The second-order valence-corrected chi connectivity index (χ2v) is 6.05. The highest BCUT2D eigenvalue weighted by Crippen LogP contribution is 2.25. The fraction of sp³-hybridized carbons (Fsp3) is 0.462. The van der Waals surface area contributed by atoms with E-state index in [0.717, 1.165) is 6.07 Å². The Bertz CT molecular complexity index is 657. The first kappa shape index (κ1) is 16.7. The summed E-state index contributed by atoms with van der Waals surface area (Å²) in [4.78, 5) is 3.95. The number of sulfonamides is 1. The summed E-state index contributed by atoms with van der Waals surface area (Å²) >= 11 is 0. The SMILES string of the molecule is CCOC(CN=C1Nc2ccc(F)cc2S(=O)(=O)N1)OCC. The van der Waals surface area contributed by atoms with Crippen molar-refractivity contribution in [2.24, 2.45) is 4.99 Å². The number of benzene rings is 1. The molecule has 9 heteroatoms. The number of guanidine groups is 1. The van der Waals surface area contributed by atoms with Gasteiger partial charge in [-0.15, -0.1) is 0 Å². The van der Waals surface area contributed by atoms with Gasteiger partial charge in [0.05, 0.1) is 12.2 Å². The second kappa shape index (κ2) is 7.03. The smallest absolute Gasteiger partial charge is 0.266 e. The lowest BCUT2D eigenvalue weighted by Gasteiger charge is -2.22. The van der Waals surface area contributed by atoms with Crippen molar-refractivity contribution in [3.8, 4) is 0 Å². The van der Waals surface area contributed by atoms with E-state index in [2.05, 4.69) is 15.0 Å². The van der Waals surface area contributed by atoms with Crippen molar-refractivity contribution in [2.75, 3.05) is 25.1 Å². The van der Waals surface area contributed by atoms with Gasteiger partial charge in [-0.05, 0) is 32.0 Å². The van der Waals surface area contributed by atoms with Gasteiger partial charge in [-0.3, -0.25) is 0 Å². The van der Waals surface area contributed by atoms with Crippen LogP contribution in [-0.4, -0.2) is 40.4 Å². The first-order valence-corrected chi connectivity index (χ1v) is 8.31. The Morgan fingerprint density at radius 3 is 2.59 bits per heavy atom. The van der Waals surface area contributed by atoms with Crippen molar-refractivity contribution < 1.29 is 22.3 Å². The molecular formula is C13H18FN3O4S. The number of hydrogen-bond acceptors (Lipinski definition) is 5. The molecule has 0 fully saturated rings. The molecule has 1 heterocycles. The van der Waals surface area contributed by atoms with Gasteiger partial charge in [0.15, 0.2) is 6.29 Å². The van der Waals surface area contributed by atoms with E-state index in [1.807, 2.05) is 13.8 Å². The van der Waals surface area contributed by atoms with Crippen molar-refractivity contribution in [3.05, 3.63) is 24.0 Å². The van der Waals surface area contributed by atoms with Crippen LogP contribution in [0, 0.1) is 5.82 Å². The van der Waals surface area contributed by atoms with E-state index in [0.29, 0.717) is 13.2 Å². The van der Waals surface area contributed by atoms with Crippen LogP contribution in [-0.2, 0) is 19.5 Å². The fourth-order valence-electron chi connectivity index (χ4n) is 1.92. The third-order valence-electron chi connectivity index (χ3n) is 2.82. The molecule has 1 aromatic rings. The number of nitrogens with zero attached hydrogens (tertiary/aromatic N) is 1. The van der Waals surface area contributed by atoms with Gasteiger partial charge in [-0.25, -0.2) is 22.5 Å². The first-order chi connectivity index (χ1) is 10.5. The molecule has 0 aromatic heterocycles. The average molecular weight is 331 g/mol. The Morgan fingerprint density at radius 1 is 1.27 bits per heavy atom. The summed E-state index contributed by atoms with van der Waals surface area (Å²) in [6.45, 7) is 4.69. The third-order valence-corrected chi connectivity index (χ3v) is 4.20. The number of fused-ring (bicyclic) bond motifs is 1. The summed E-state index contributed by atoms with van der Waals surface area (Å²) in [6.07, 6.45) is -0.552. The zero-order valence-electron chi connectivity index (χ0n) is 12.3. The minimum absolute atomic E-state index is 0.0449. The molecule has 2 rings (SSSR count). The zero-order valence-corrected chi connectivity index (χ0v) is 13.1. The maximum atomic E-state index is 13.2. The largest absolute Gasteiger partial charge is 0.351 e. The molecule has 7 nitrogen and oxygen atoms in total. The molecule has 0 saturated heterocycles. The summed E-state index contributed by atoms with van der Waals surface area (Å²) < 4.78 is 50.2. The summed E-state index contributed by atoms with van der Waals surface area (Å²) in [5.74, 6) is -0.581. The molecule has 0 aliphatic carbocycles. The predicted molar refractivity (Wildman–Crippen MR) is 79.7 cm³/mol. The van der Waals surface area contributed by atoms with E-state index < -0.39 is 22.1 Å². The Hall–Kier alpha value is -1.71. The Labute approximate surface area is 128 Å². The van der Waals surface area contributed by atoms with Crippen LogP contribution < -0.4 is 10.0 Å². The average Bonchev–Trinajstić information content (AvgIpc) is 2.46. The molecule has 0 amide bonds. The van der Waals surface area contributed by atoms with Crippen molar-refractivity contribution in [2.45, 2.75) is 25.0 Å². The molecule has 0 radical (unpaired) electrons. The number of anilines is 1. The zero-order chi connectivity index (χ0) is 16.2. The predicted octanol–water partition coefficient (Wildman–Crippen LogP) is 1.28. The summed E-state index contributed by atoms with van der Waals surface area (Å²) in [6, 6.07) is 3.47. The van der Waals surface area contributed by atoms with Crippen LogP contribution in [0.1, 0.15) is 13.8 Å². The molecule has 0 bridgehead atoms. The molecule has 0 atom stereocenters.